The van der Waals surface area contributed by atoms with E-state index < -0.39 is 5.97 Å². The largest absolute Gasteiger partial charge is 0.505 e. The van der Waals surface area contributed by atoms with Crippen LogP contribution in [0.3, 0.4) is 0 Å². The molecule has 0 saturated carbocycles. The van der Waals surface area contributed by atoms with Gasteiger partial charge in [-0.1, -0.05) is 42.5 Å². The van der Waals surface area contributed by atoms with Crippen molar-refractivity contribution in [1.29, 1.82) is 0 Å². The highest BCUT2D eigenvalue weighted by molar-refractivity contribution is 5.88. The van der Waals surface area contributed by atoms with Crippen molar-refractivity contribution in [2.75, 3.05) is 0 Å². The topological polar surface area (TPSA) is 70.4 Å². The lowest BCUT2D eigenvalue weighted by molar-refractivity contribution is 0.0697. The average Bonchev–Trinajstić information content (AvgIpc) is 2.63. The molecule has 4 heteroatoms. The number of fused-ring (bicyclic) bond motifs is 1. The van der Waals surface area contributed by atoms with Gasteiger partial charge in [0, 0.05) is 5.39 Å². The quantitative estimate of drug-likeness (QED) is 0.674. The first-order valence-electron chi connectivity index (χ1n) is 7.82. The van der Waals surface area contributed by atoms with Crippen LogP contribution in [0.15, 0.2) is 61.2 Å². The van der Waals surface area contributed by atoms with Gasteiger partial charge in [-0.25, -0.2) is 9.78 Å². The number of carboxylic acids is 1. The highest BCUT2D eigenvalue weighted by Gasteiger charge is 2.07. The summed E-state index contributed by atoms with van der Waals surface area (Å²) in [6.45, 7) is 3.70. The van der Waals surface area contributed by atoms with Crippen LogP contribution in [0, 0.1) is 0 Å². The summed E-state index contributed by atoms with van der Waals surface area (Å²) in [7, 11) is 0. The molecule has 0 saturated heterocycles. The van der Waals surface area contributed by atoms with Crippen LogP contribution < -0.4 is 0 Å². The number of aromatic carboxylic acids is 1. The van der Waals surface area contributed by atoms with Crippen LogP contribution >= 0.6 is 0 Å². The third kappa shape index (κ3) is 3.58. The zero-order valence-electron chi connectivity index (χ0n) is 13.5. The second kappa shape index (κ2) is 7.01. The minimum Gasteiger partial charge on any atom is -0.505 e. The Bertz CT molecular complexity index is 972. The Labute approximate surface area is 145 Å². The van der Waals surface area contributed by atoms with E-state index in [2.05, 4.69) is 11.6 Å². The number of hydrogen-bond donors (Lipinski definition) is 2. The van der Waals surface area contributed by atoms with Gasteiger partial charge in [-0.2, -0.15) is 0 Å². The third-order valence-electron chi connectivity index (χ3n) is 3.91. The van der Waals surface area contributed by atoms with Crippen molar-refractivity contribution in [2.45, 2.75) is 6.42 Å². The molecule has 25 heavy (non-hydrogen) atoms. The van der Waals surface area contributed by atoms with Crippen LogP contribution in [-0.4, -0.2) is 21.2 Å². The lowest BCUT2D eigenvalue weighted by Crippen LogP contribution is -1.94. The van der Waals surface area contributed by atoms with E-state index >= 15 is 0 Å². The number of pyridine rings is 1. The minimum absolute atomic E-state index is 0.179. The maximum atomic E-state index is 10.9. The van der Waals surface area contributed by atoms with Crippen molar-refractivity contribution in [1.82, 2.24) is 4.98 Å². The van der Waals surface area contributed by atoms with Crippen molar-refractivity contribution < 1.29 is 15.0 Å². The van der Waals surface area contributed by atoms with Crippen molar-refractivity contribution >= 4 is 29.0 Å². The number of hydrogen-bond acceptors (Lipinski definition) is 3. The smallest absolute Gasteiger partial charge is 0.335 e. The Morgan fingerprint density at radius 3 is 2.44 bits per heavy atom. The summed E-state index contributed by atoms with van der Waals surface area (Å²) in [5.41, 5.74) is 3.18. The standard InChI is InChI=1S/C21H17NO3/c1-2-3-16-10-9-15-11-13-18(22-19(15)20(16)23)12-6-14-4-7-17(8-5-14)21(24)25/h2,4-13,23H,1,3H2,(H,24,25)/b12-6+. The van der Waals surface area contributed by atoms with Gasteiger partial charge in [0.05, 0.1) is 11.3 Å². The Hall–Kier alpha value is -3.40. The summed E-state index contributed by atoms with van der Waals surface area (Å²) in [6, 6.07) is 14.2. The summed E-state index contributed by atoms with van der Waals surface area (Å²) >= 11 is 0. The molecule has 2 aromatic carbocycles. The van der Waals surface area contributed by atoms with Gasteiger partial charge in [0.2, 0.25) is 0 Å². The normalized spacial score (nSPS) is 11.0. The number of aromatic nitrogens is 1. The fourth-order valence-corrected chi connectivity index (χ4v) is 2.56. The summed E-state index contributed by atoms with van der Waals surface area (Å²) < 4.78 is 0. The molecule has 124 valence electrons. The van der Waals surface area contributed by atoms with Crippen LogP contribution in [0.2, 0.25) is 0 Å². The first kappa shape index (κ1) is 16.5. The van der Waals surface area contributed by atoms with E-state index in [4.69, 9.17) is 5.11 Å². The summed E-state index contributed by atoms with van der Waals surface area (Å²) in [5, 5.41) is 20.2. The first-order valence-corrected chi connectivity index (χ1v) is 7.82. The average molecular weight is 331 g/mol. The molecule has 0 spiro atoms. The Morgan fingerprint density at radius 2 is 1.76 bits per heavy atom. The lowest BCUT2D eigenvalue weighted by atomic mass is 10.1. The van der Waals surface area contributed by atoms with Gasteiger partial charge >= 0.3 is 5.97 Å². The van der Waals surface area contributed by atoms with Crippen LogP contribution in [0.4, 0.5) is 0 Å². The van der Waals surface area contributed by atoms with Crippen molar-refractivity contribution in [3.63, 3.8) is 0 Å². The van der Waals surface area contributed by atoms with E-state index in [0.29, 0.717) is 17.6 Å². The molecule has 3 aromatic rings. The number of carboxylic acid groups (broad SMARTS) is 1. The van der Waals surface area contributed by atoms with E-state index in [1.807, 2.05) is 36.4 Å². The molecule has 0 atom stereocenters. The predicted octanol–water partition coefficient (Wildman–Crippen LogP) is 4.54. The molecule has 0 aliphatic heterocycles. The summed E-state index contributed by atoms with van der Waals surface area (Å²) in [6.07, 6.45) is 6.00. The van der Waals surface area contributed by atoms with Crippen molar-refractivity contribution in [2.24, 2.45) is 0 Å². The number of rotatable bonds is 5. The number of allylic oxidation sites excluding steroid dienone is 1. The van der Waals surface area contributed by atoms with Gasteiger partial charge < -0.3 is 10.2 Å². The molecule has 4 nitrogen and oxygen atoms in total. The summed E-state index contributed by atoms with van der Waals surface area (Å²) in [5.74, 6) is -0.768. The Balaban J connectivity index is 1.91. The molecule has 2 N–H and O–H groups in total. The van der Waals surface area contributed by atoms with Gasteiger partial charge in [0.1, 0.15) is 11.3 Å². The van der Waals surface area contributed by atoms with Gasteiger partial charge in [0.15, 0.2) is 0 Å². The number of carbonyl (C=O) groups is 1. The zero-order chi connectivity index (χ0) is 17.8. The number of nitrogens with zero attached hydrogens (tertiary/aromatic N) is 1. The van der Waals surface area contributed by atoms with E-state index in [0.717, 1.165) is 16.5 Å². The highest BCUT2D eigenvalue weighted by atomic mass is 16.4. The van der Waals surface area contributed by atoms with Gasteiger partial charge in [-0.3, -0.25) is 0 Å². The number of benzene rings is 2. The number of phenols is 1. The monoisotopic (exact) mass is 331 g/mol. The second-order valence-electron chi connectivity index (χ2n) is 5.63. The molecule has 0 radical (unpaired) electrons. The maximum Gasteiger partial charge on any atom is 0.335 e. The SMILES string of the molecule is C=CCc1ccc2ccc(/C=C/c3ccc(C(=O)O)cc3)nc2c1O. The fraction of sp³-hybridized carbons (Fsp3) is 0.0476. The molecule has 0 amide bonds. The molecule has 0 fully saturated rings. The Kier molecular flexibility index (Phi) is 4.61. The van der Waals surface area contributed by atoms with Crippen molar-refractivity contribution in [3.8, 4) is 5.75 Å². The molecule has 0 aliphatic rings. The second-order valence-corrected chi connectivity index (χ2v) is 5.63. The fourth-order valence-electron chi connectivity index (χ4n) is 2.56. The highest BCUT2D eigenvalue weighted by Crippen LogP contribution is 2.28. The van der Waals surface area contributed by atoms with Crippen LogP contribution in [-0.2, 0) is 6.42 Å². The van der Waals surface area contributed by atoms with Crippen LogP contribution in [0.1, 0.15) is 27.2 Å². The number of phenolic OH excluding ortho intramolecular Hbond substituents is 1. The van der Waals surface area contributed by atoms with Crippen LogP contribution in [0.5, 0.6) is 5.75 Å². The van der Waals surface area contributed by atoms with Crippen molar-refractivity contribution in [3.05, 3.63) is 83.6 Å². The van der Waals surface area contributed by atoms with Gasteiger partial charge in [0.25, 0.3) is 0 Å². The first-order chi connectivity index (χ1) is 12.1. The molecule has 0 unspecified atom stereocenters. The molecule has 0 bridgehead atoms. The maximum absolute atomic E-state index is 10.9. The minimum atomic E-state index is -0.947. The molecule has 1 heterocycles. The number of aromatic hydroxyl groups is 1. The molecule has 0 aliphatic carbocycles. The van der Waals surface area contributed by atoms with Gasteiger partial charge in [-0.15, -0.1) is 6.58 Å². The van der Waals surface area contributed by atoms with E-state index in [9.17, 15) is 9.90 Å². The lowest BCUT2D eigenvalue weighted by Gasteiger charge is -2.06. The van der Waals surface area contributed by atoms with Crippen LogP contribution in [0.25, 0.3) is 23.1 Å². The molecular formula is C21H17NO3. The molecular weight excluding hydrogens is 314 g/mol. The molecule has 1 aromatic heterocycles. The Morgan fingerprint density at radius 1 is 1.04 bits per heavy atom. The molecule has 3 rings (SSSR count). The summed E-state index contributed by atoms with van der Waals surface area (Å²) in [4.78, 5) is 15.4. The van der Waals surface area contributed by atoms with E-state index in [-0.39, 0.29) is 11.3 Å². The van der Waals surface area contributed by atoms with Gasteiger partial charge in [-0.05, 0) is 41.8 Å². The third-order valence-corrected chi connectivity index (χ3v) is 3.91. The predicted molar refractivity (Wildman–Crippen MR) is 99.6 cm³/mol. The van der Waals surface area contributed by atoms with E-state index in [1.54, 1.807) is 30.3 Å². The van der Waals surface area contributed by atoms with E-state index in [1.165, 1.54) is 0 Å². The zero-order valence-corrected chi connectivity index (χ0v) is 13.5.